The van der Waals surface area contributed by atoms with Crippen molar-refractivity contribution >= 4 is 23.0 Å². The molecule has 0 amide bonds. The van der Waals surface area contributed by atoms with Crippen molar-refractivity contribution in [3.63, 3.8) is 0 Å². The summed E-state index contributed by atoms with van der Waals surface area (Å²) in [6.45, 7) is 14.3. The van der Waals surface area contributed by atoms with Gasteiger partial charge in [-0.25, -0.2) is 0 Å². The Bertz CT molecular complexity index is 601. The molecular formula is C20H32N4OS. The van der Waals surface area contributed by atoms with Crippen LogP contribution in [0.2, 0.25) is 0 Å². The van der Waals surface area contributed by atoms with Gasteiger partial charge in [0.15, 0.2) is 5.11 Å². The number of nitrogens with zero attached hydrogens (tertiary/aromatic N) is 2. The number of hydrogen-bond donors (Lipinski definition) is 2. The normalized spacial score (nSPS) is 16.4. The third-order valence-corrected chi connectivity index (χ3v) is 4.77. The van der Waals surface area contributed by atoms with E-state index in [0.717, 1.165) is 57.1 Å². The van der Waals surface area contributed by atoms with Gasteiger partial charge in [0.1, 0.15) is 0 Å². The Morgan fingerprint density at radius 3 is 2.46 bits per heavy atom. The van der Waals surface area contributed by atoms with E-state index in [-0.39, 0.29) is 5.41 Å². The van der Waals surface area contributed by atoms with Gasteiger partial charge in [-0.2, -0.15) is 5.10 Å². The summed E-state index contributed by atoms with van der Waals surface area (Å²) in [5, 5.41) is 8.17. The van der Waals surface area contributed by atoms with Crippen molar-refractivity contribution < 1.29 is 4.74 Å². The van der Waals surface area contributed by atoms with Gasteiger partial charge in [-0.1, -0.05) is 45.0 Å². The van der Waals surface area contributed by atoms with Crippen LogP contribution in [0.3, 0.4) is 0 Å². The lowest BCUT2D eigenvalue weighted by atomic mass is 9.86. The van der Waals surface area contributed by atoms with Gasteiger partial charge in [0.2, 0.25) is 0 Å². The number of morpholine rings is 1. The molecular weight excluding hydrogens is 344 g/mol. The molecule has 1 aromatic rings. The number of ether oxygens (including phenoxy) is 1. The second-order valence-corrected chi connectivity index (χ2v) is 8.11. The number of hydrogen-bond acceptors (Lipinski definition) is 4. The van der Waals surface area contributed by atoms with Gasteiger partial charge < -0.3 is 10.1 Å². The van der Waals surface area contributed by atoms with Crippen LogP contribution in [0.5, 0.6) is 0 Å². The van der Waals surface area contributed by atoms with E-state index >= 15 is 0 Å². The molecule has 1 heterocycles. The molecule has 0 atom stereocenters. The molecule has 1 aliphatic rings. The Kier molecular flexibility index (Phi) is 8.00. The predicted molar refractivity (Wildman–Crippen MR) is 113 cm³/mol. The molecule has 0 aliphatic carbocycles. The summed E-state index contributed by atoms with van der Waals surface area (Å²) in [5.74, 6) is 0. The number of thiocarbonyl (C=S) groups is 1. The van der Waals surface area contributed by atoms with E-state index in [1.165, 1.54) is 5.56 Å². The van der Waals surface area contributed by atoms with Gasteiger partial charge in [-0.05, 0) is 48.6 Å². The Balaban J connectivity index is 1.71. The summed E-state index contributed by atoms with van der Waals surface area (Å²) in [6, 6.07) is 8.55. The monoisotopic (exact) mass is 376 g/mol. The summed E-state index contributed by atoms with van der Waals surface area (Å²) in [7, 11) is 0. The summed E-state index contributed by atoms with van der Waals surface area (Å²) >= 11 is 5.30. The lowest BCUT2D eigenvalue weighted by molar-refractivity contribution is 0.0376. The average Bonchev–Trinajstić information content (AvgIpc) is 2.63. The van der Waals surface area contributed by atoms with Crippen molar-refractivity contribution in [1.29, 1.82) is 0 Å². The highest BCUT2D eigenvalue weighted by Crippen LogP contribution is 2.22. The first-order chi connectivity index (χ1) is 12.4. The Morgan fingerprint density at radius 1 is 1.19 bits per heavy atom. The van der Waals surface area contributed by atoms with Crippen molar-refractivity contribution in [3.05, 3.63) is 35.4 Å². The van der Waals surface area contributed by atoms with Crippen LogP contribution in [-0.2, 0) is 10.2 Å². The molecule has 0 saturated carbocycles. The van der Waals surface area contributed by atoms with Crippen LogP contribution in [-0.4, -0.2) is 55.1 Å². The lowest BCUT2D eigenvalue weighted by Crippen LogP contribution is -2.39. The van der Waals surface area contributed by atoms with Crippen LogP contribution < -0.4 is 10.7 Å². The second kappa shape index (κ2) is 10.00. The van der Waals surface area contributed by atoms with Crippen LogP contribution in [0.25, 0.3) is 0 Å². The van der Waals surface area contributed by atoms with Gasteiger partial charge in [0.25, 0.3) is 0 Å². The third-order valence-electron chi connectivity index (χ3n) is 4.53. The zero-order valence-electron chi connectivity index (χ0n) is 16.5. The van der Waals surface area contributed by atoms with E-state index in [0.29, 0.717) is 5.11 Å². The molecule has 6 heteroatoms. The maximum absolute atomic E-state index is 5.36. The van der Waals surface area contributed by atoms with Crippen molar-refractivity contribution in [3.8, 4) is 0 Å². The minimum atomic E-state index is 0.161. The number of benzene rings is 1. The van der Waals surface area contributed by atoms with Gasteiger partial charge in [-0.15, -0.1) is 0 Å². The highest BCUT2D eigenvalue weighted by Gasteiger charge is 2.13. The van der Waals surface area contributed by atoms with E-state index in [2.05, 4.69) is 65.8 Å². The molecule has 1 aromatic carbocycles. The zero-order chi connectivity index (χ0) is 19.0. The second-order valence-electron chi connectivity index (χ2n) is 7.70. The fourth-order valence-electron chi connectivity index (χ4n) is 2.78. The molecule has 144 valence electrons. The lowest BCUT2D eigenvalue weighted by Gasteiger charge is -2.26. The fourth-order valence-corrected chi connectivity index (χ4v) is 2.93. The maximum atomic E-state index is 5.36. The first kappa shape index (κ1) is 20.8. The molecule has 0 radical (unpaired) electrons. The van der Waals surface area contributed by atoms with Crippen LogP contribution in [0, 0.1) is 0 Å². The smallest absolute Gasteiger partial charge is 0.186 e. The highest BCUT2D eigenvalue weighted by atomic mass is 32.1. The van der Waals surface area contributed by atoms with E-state index in [4.69, 9.17) is 17.0 Å². The molecule has 0 unspecified atom stereocenters. The summed E-state index contributed by atoms with van der Waals surface area (Å²) in [4.78, 5) is 2.42. The minimum Gasteiger partial charge on any atom is -0.379 e. The summed E-state index contributed by atoms with van der Waals surface area (Å²) < 4.78 is 5.36. The molecule has 0 spiro atoms. The average molecular weight is 377 g/mol. The molecule has 0 aromatic heterocycles. The van der Waals surface area contributed by atoms with E-state index in [1.807, 2.05) is 6.92 Å². The van der Waals surface area contributed by atoms with Crippen molar-refractivity contribution in [2.24, 2.45) is 5.10 Å². The Morgan fingerprint density at radius 2 is 1.85 bits per heavy atom. The van der Waals surface area contributed by atoms with Crippen LogP contribution in [0.4, 0.5) is 0 Å². The van der Waals surface area contributed by atoms with Gasteiger partial charge in [0.05, 0.1) is 18.9 Å². The molecule has 2 N–H and O–H groups in total. The van der Waals surface area contributed by atoms with E-state index in [1.54, 1.807) is 0 Å². The SMILES string of the molecule is C/C(=N\NC(=S)NCCCN1CCOCC1)c1ccc(C(C)(C)C)cc1. The largest absolute Gasteiger partial charge is 0.379 e. The van der Waals surface area contributed by atoms with Gasteiger partial charge in [0, 0.05) is 19.6 Å². The predicted octanol–water partition coefficient (Wildman–Crippen LogP) is 2.89. The zero-order valence-corrected chi connectivity index (χ0v) is 17.3. The minimum absolute atomic E-state index is 0.161. The number of nitrogens with one attached hydrogen (secondary N) is 2. The van der Waals surface area contributed by atoms with Gasteiger partial charge >= 0.3 is 0 Å². The summed E-state index contributed by atoms with van der Waals surface area (Å²) in [6.07, 6.45) is 1.05. The quantitative estimate of drug-likeness (QED) is 0.346. The molecule has 1 fully saturated rings. The van der Waals surface area contributed by atoms with Crippen LogP contribution in [0.1, 0.15) is 45.2 Å². The standard InChI is InChI=1S/C20H32N4OS/c1-16(17-6-8-18(9-7-17)20(2,3)4)22-23-19(26)21-10-5-11-24-12-14-25-15-13-24/h6-9H,5,10-15H2,1-4H3,(H2,21,23,26)/b22-16+. The first-order valence-electron chi connectivity index (χ1n) is 9.35. The summed E-state index contributed by atoms with van der Waals surface area (Å²) in [5.41, 5.74) is 6.44. The molecule has 2 rings (SSSR count). The molecule has 26 heavy (non-hydrogen) atoms. The van der Waals surface area contributed by atoms with Crippen molar-refractivity contribution in [2.75, 3.05) is 39.4 Å². The first-order valence-corrected chi connectivity index (χ1v) is 9.76. The topological polar surface area (TPSA) is 48.9 Å². The van der Waals surface area contributed by atoms with E-state index in [9.17, 15) is 0 Å². The molecule has 5 nitrogen and oxygen atoms in total. The van der Waals surface area contributed by atoms with E-state index < -0.39 is 0 Å². The van der Waals surface area contributed by atoms with Crippen molar-refractivity contribution in [2.45, 2.75) is 39.5 Å². The molecule has 0 bridgehead atoms. The molecule has 1 aliphatic heterocycles. The molecule has 1 saturated heterocycles. The number of rotatable bonds is 6. The third kappa shape index (κ3) is 7.02. The Hall–Kier alpha value is -1.50. The highest BCUT2D eigenvalue weighted by molar-refractivity contribution is 7.80. The Labute approximate surface area is 163 Å². The number of hydrazone groups is 1. The van der Waals surface area contributed by atoms with Crippen LogP contribution >= 0.6 is 12.2 Å². The van der Waals surface area contributed by atoms with Crippen LogP contribution in [0.15, 0.2) is 29.4 Å². The van der Waals surface area contributed by atoms with Crippen molar-refractivity contribution in [1.82, 2.24) is 15.6 Å². The van der Waals surface area contributed by atoms with Gasteiger partial charge in [-0.3, -0.25) is 10.3 Å². The maximum Gasteiger partial charge on any atom is 0.186 e. The fraction of sp³-hybridized carbons (Fsp3) is 0.600.